The van der Waals surface area contributed by atoms with E-state index in [1.54, 1.807) is 0 Å². The Kier molecular flexibility index (Phi) is 5.47. The summed E-state index contributed by atoms with van der Waals surface area (Å²) in [7, 11) is 0. The summed E-state index contributed by atoms with van der Waals surface area (Å²) in [6, 6.07) is 62.0. The van der Waals surface area contributed by atoms with Crippen molar-refractivity contribution in [3.05, 3.63) is 187 Å². The zero-order valence-corrected chi connectivity index (χ0v) is 26.6. The van der Waals surface area contributed by atoms with Gasteiger partial charge in [0.2, 0.25) is 0 Å². The van der Waals surface area contributed by atoms with Gasteiger partial charge in [0.05, 0.1) is 16.7 Å². The SMILES string of the molecule is c1ccc(C2c3ccccc3-c3cc(-c4ccc5c(c4)c4c6c(ccc4n5-c4cccc5ccccc45)oc4ccccc46)ccc32)cc1. The highest BCUT2D eigenvalue weighted by molar-refractivity contribution is 6.28. The van der Waals surface area contributed by atoms with Gasteiger partial charge in [-0.3, -0.25) is 0 Å². The first kappa shape index (κ1) is 26.7. The standard InChI is InChI=1S/C47H29NO/c1-2-12-30(13-3-1)45-35-17-7-6-16-34(35)38-27-31(21-23-36(38)45)32-22-24-41-39(28-32)46-42(25-26-44-47(46)37-18-8-9-20-43(37)49-44)48(41)40-19-10-14-29-11-4-5-15-33(29)40/h1-28,45H. The molecule has 0 fully saturated rings. The zero-order chi connectivity index (χ0) is 32.1. The zero-order valence-electron chi connectivity index (χ0n) is 26.6. The third-order valence-electron chi connectivity index (χ3n) is 10.7. The van der Waals surface area contributed by atoms with Crippen molar-refractivity contribution >= 4 is 54.5 Å². The van der Waals surface area contributed by atoms with Gasteiger partial charge < -0.3 is 8.98 Å². The minimum Gasteiger partial charge on any atom is -0.456 e. The van der Waals surface area contributed by atoms with Crippen LogP contribution >= 0.6 is 0 Å². The normalized spacial score (nSPS) is 13.9. The highest BCUT2D eigenvalue weighted by Gasteiger charge is 2.30. The van der Waals surface area contributed by atoms with E-state index in [2.05, 4.69) is 168 Å². The molecule has 0 radical (unpaired) electrons. The van der Waals surface area contributed by atoms with E-state index in [1.807, 2.05) is 6.07 Å². The van der Waals surface area contributed by atoms with Crippen molar-refractivity contribution in [1.29, 1.82) is 0 Å². The molecule has 1 unspecified atom stereocenters. The molecule has 228 valence electrons. The molecule has 49 heavy (non-hydrogen) atoms. The molecule has 8 aromatic carbocycles. The number of hydrogen-bond acceptors (Lipinski definition) is 1. The maximum absolute atomic E-state index is 6.43. The molecule has 2 nitrogen and oxygen atoms in total. The van der Waals surface area contributed by atoms with E-state index in [9.17, 15) is 0 Å². The summed E-state index contributed by atoms with van der Waals surface area (Å²) in [5, 5.41) is 7.22. The van der Waals surface area contributed by atoms with Crippen LogP contribution in [-0.2, 0) is 0 Å². The third kappa shape index (κ3) is 3.77. The molecule has 2 heteroatoms. The highest BCUT2D eigenvalue weighted by Crippen LogP contribution is 2.49. The van der Waals surface area contributed by atoms with Gasteiger partial charge in [0.25, 0.3) is 0 Å². The predicted molar refractivity (Wildman–Crippen MR) is 204 cm³/mol. The molecular formula is C47H29NO. The highest BCUT2D eigenvalue weighted by atomic mass is 16.3. The minimum absolute atomic E-state index is 0.241. The number of para-hydroxylation sites is 1. The second-order valence-electron chi connectivity index (χ2n) is 13.2. The first-order valence-corrected chi connectivity index (χ1v) is 17.0. The third-order valence-corrected chi connectivity index (χ3v) is 10.7. The van der Waals surface area contributed by atoms with E-state index in [0.29, 0.717) is 0 Å². The van der Waals surface area contributed by atoms with Crippen molar-refractivity contribution < 1.29 is 4.42 Å². The molecule has 0 saturated heterocycles. The fourth-order valence-corrected chi connectivity index (χ4v) is 8.56. The molecule has 0 saturated carbocycles. The fraction of sp³-hybridized carbons (Fsp3) is 0.0213. The van der Waals surface area contributed by atoms with Crippen LogP contribution in [0.25, 0.3) is 82.5 Å². The second kappa shape index (κ2) is 10.1. The molecule has 0 spiro atoms. The summed E-state index contributed by atoms with van der Waals surface area (Å²) in [5.41, 5.74) is 14.5. The molecule has 1 aliphatic rings. The van der Waals surface area contributed by atoms with Crippen molar-refractivity contribution in [1.82, 2.24) is 4.57 Å². The van der Waals surface area contributed by atoms with E-state index in [0.717, 1.165) is 16.6 Å². The molecule has 0 amide bonds. The van der Waals surface area contributed by atoms with Crippen LogP contribution in [0.5, 0.6) is 0 Å². The smallest absolute Gasteiger partial charge is 0.136 e. The monoisotopic (exact) mass is 623 g/mol. The topological polar surface area (TPSA) is 18.1 Å². The number of aromatic nitrogens is 1. The first-order valence-electron chi connectivity index (χ1n) is 17.0. The van der Waals surface area contributed by atoms with Gasteiger partial charge in [-0.05, 0) is 86.8 Å². The molecule has 0 bridgehead atoms. The lowest BCUT2D eigenvalue weighted by Crippen LogP contribution is -1.98. The molecular weight excluding hydrogens is 595 g/mol. The lowest BCUT2D eigenvalue weighted by Gasteiger charge is -2.14. The second-order valence-corrected chi connectivity index (χ2v) is 13.2. The maximum atomic E-state index is 6.43. The van der Waals surface area contributed by atoms with Crippen LogP contribution in [0.2, 0.25) is 0 Å². The summed E-state index contributed by atoms with van der Waals surface area (Å²) in [6.45, 7) is 0. The van der Waals surface area contributed by atoms with Gasteiger partial charge in [0.1, 0.15) is 11.2 Å². The van der Waals surface area contributed by atoms with Gasteiger partial charge in [-0.2, -0.15) is 0 Å². The van der Waals surface area contributed by atoms with Crippen LogP contribution in [0.15, 0.2) is 174 Å². The van der Waals surface area contributed by atoms with Gasteiger partial charge >= 0.3 is 0 Å². The van der Waals surface area contributed by atoms with Crippen LogP contribution in [-0.4, -0.2) is 4.57 Å². The Balaban J connectivity index is 1.19. The predicted octanol–water partition coefficient (Wildman–Crippen LogP) is 12.7. The number of rotatable bonds is 3. The molecule has 1 atom stereocenters. The summed E-state index contributed by atoms with van der Waals surface area (Å²) >= 11 is 0. The fourth-order valence-electron chi connectivity index (χ4n) is 8.56. The van der Waals surface area contributed by atoms with E-state index in [4.69, 9.17) is 4.42 Å². The summed E-state index contributed by atoms with van der Waals surface area (Å²) in [4.78, 5) is 0. The van der Waals surface area contributed by atoms with Gasteiger partial charge in [0, 0.05) is 32.8 Å². The number of fused-ring (bicyclic) bond motifs is 11. The molecule has 11 rings (SSSR count). The van der Waals surface area contributed by atoms with Gasteiger partial charge in [-0.1, -0.05) is 127 Å². The van der Waals surface area contributed by atoms with Crippen molar-refractivity contribution in [3.63, 3.8) is 0 Å². The number of furan rings is 1. The number of nitrogens with zero attached hydrogens (tertiary/aromatic N) is 1. The Morgan fingerprint density at radius 1 is 0.429 bits per heavy atom. The van der Waals surface area contributed by atoms with Gasteiger partial charge in [-0.25, -0.2) is 0 Å². The molecule has 2 heterocycles. The number of hydrogen-bond donors (Lipinski definition) is 0. The molecule has 0 aliphatic heterocycles. The van der Waals surface area contributed by atoms with Crippen LogP contribution in [0.1, 0.15) is 22.6 Å². The lowest BCUT2D eigenvalue weighted by molar-refractivity contribution is 0.669. The maximum Gasteiger partial charge on any atom is 0.136 e. The van der Waals surface area contributed by atoms with Crippen LogP contribution in [0.4, 0.5) is 0 Å². The van der Waals surface area contributed by atoms with E-state index >= 15 is 0 Å². The minimum atomic E-state index is 0.241. The van der Waals surface area contributed by atoms with Crippen molar-refractivity contribution in [3.8, 4) is 27.9 Å². The summed E-state index contributed by atoms with van der Waals surface area (Å²) in [5.74, 6) is 0.241. The van der Waals surface area contributed by atoms with E-state index in [1.165, 1.54) is 82.6 Å². The quantitative estimate of drug-likeness (QED) is 0.191. The summed E-state index contributed by atoms with van der Waals surface area (Å²) < 4.78 is 8.88. The van der Waals surface area contributed by atoms with Crippen molar-refractivity contribution in [2.24, 2.45) is 0 Å². The largest absolute Gasteiger partial charge is 0.456 e. The molecule has 10 aromatic rings. The Bertz CT molecular complexity index is 2940. The van der Waals surface area contributed by atoms with Crippen LogP contribution in [0, 0.1) is 0 Å². The Labute approximate surface area is 283 Å². The van der Waals surface area contributed by atoms with Crippen LogP contribution < -0.4 is 0 Å². The molecule has 0 N–H and O–H groups in total. The van der Waals surface area contributed by atoms with Crippen molar-refractivity contribution in [2.75, 3.05) is 0 Å². The Morgan fingerprint density at radius 3 is 2.08 bits per heavy atom. The van der Waals surface area contributed by atoms with Crippen molar-refractivity contribution in [2.45, 2.75) is 5.92 Å². The average molecular weight is 624 g/mol. The molecule has 2 aromatic heterocycles. The Morgan fingerprint density at radius 2 is 1.14 bits per heavy atom. The summed E-state index contributed by atoms with van der Waals surface area (Å²) in [6.07, 6.45) is 0. The van der Waals surface area contributed by atoms with E-state index in [-0.39, 0.29) is 5.92 Å². The van der Waals surface area contributed by atoms with E-state index < -0.39 is 0 Å². The van der Waals surface area contributed by atoms with Crippen LogP contribution in [0.3, 0.4) is 0 Å². The first-order chi connectivity index (χ1) is 24.3. The van der Waals surface area contributed by atoms with Gasteiger partial charge in [-0.15, -0.1) is 0 Å². The molecule has 1 aliphatic carbocycles. The average Bonchev–Trinajstić information content (AvgIpc) is 3.82. The van der Waals surface area contributed by atoms with Gasteiger partial charge in [0.15, 0.2) is 0 Å². The number of benzene rings is 8. The lowest BCUT2D eigenvalue weighted by atomic mass is 9.89. The Hall–Kier alpha value is -6.38.